The monoisotopic (exact) mass is 1330 g/mol. The molecule has 1 aliphatic rings. The van der Waals surface area contributed by atoms with Crippen LogP contribution in [0.1, 0.15) is 83.1 Å². The quantitative estimate of drug-likeness (QED) is 0.00969. The van der Waals surface area contributed by atoms with Gasteiger partial charge in [-0.05, 0) is 69.9 Å². The lowest BCUT2D eigenvalue weighted by Gasteiger charge is -2.31. The summed E-state index contributed by atoms with van der Waals surface area (Å²) >= 11 is 8.32. The molecule has 11 atom stereocenters. The van der Waals surface area contributed by atoms with Gasteiger partial charge in [-0.2, -0.15) is 25.3 Å². The molecule has 92 heavy (non-hydrogen) atoms. The van der Waals surface area contributed by atoms with Crippen LogP contribution in [0.2, 0.25) is 0 Å². The number of nitrogens with one attached hydrogen (secondary N) is 13. The molecule has 1 aliphatic heterocycles. The number of aliphatic hydroxyl groups excluding tert-OH is 1. The summed E-state index contributed by atoms with van der Waals surface area (Å²) in [5, 5.41) is 65.3. The summed E-state index contributed by atoms with van der Waals surface area (Å²) < 4.78 is 0. The molecule has 13 amide bonds. The zero-order valence-corrected chi connectivity index (χ0v) is 52.0. The number of carboxylic acids is 2. The number of aliphatic hydroxyl groups is 1. The van der Waals surface area contributed by atoms with E-state index in [0.29, 0.717) is 16.5 Å². The minimum absolute atomic E-state index is 0.0132. The molecule has 24 N–H and O–H groups in total. The minimum Gasteiger partial charge on any atom is -0.481 e. The van der Waals surface area contributed by atoms with E-state index in [2.05, 4.69) is 94.6 Å². The van der Waals surface area contributed by atoms with Crippen LogP contribution in [0.3, 0.4) is 0 Å². The van der Waals surface area contributed by atoms with E-state index in [0.717, 1.165) is 11.8 Å². The van der Waals surface area contributed by atoms with E-state index in [1.54, 1.807) is 30.5 Å². The maximum absolute atomic E-state index is 14.4. The molecule has 0 aliphatic carbocycles. The molecule has 37 heteroatoms. The fourth-order valence-electron chi connectivity index (χ4n) is 9.42. The van der Waals surface area contributed by atoms with Crippen LogP contribution in [-0.4, -0.2) is 218 Å². The Kier molecular flexibility index (Phi) is 32.6. The largest absolute Gasteiger partial charge is 0.481 e. The molecule has 3 rings (SSSR count). The van der Waals surface area contributed by atoms with E-state index in [-0.39, 0.29) is 83.2 Å². The molecule has 0 bridgehead atoms. The third kappa shape index (κ3) is 25.5. The molecule has 0 saturated carbocycles. The molecule has 506 valence electrons. The minimum atomic E-state index is -1.95. The van der Waals surface area contributed by atoms with Gasteiger partial charge in [-0.3, -0.25) is 62.9 Å². The van der Waals surface area contributed by atoms with Crippen molar-refractivity contribution in [2.24, 2.45) is 22.9 Å². The Hall–Kier alpha value is -9.41. The Morgan fingerprint density at radius 1 is 0.685 bits per heavy atom. The van der Waals surface area contributed by atoms with Crippen molar-refractivity contribution in [3.63, 3.8) is 0 Å². The Bertz CT molecular complexity index is 3040. The number of carboxylic acid groups (broad SMARTS) is 2. The number of aromatic amines is 1. The number of rotatable bonds is 40. The molecule has 1 aromatic carbocycles. The number of fused-ring (bicyclic) bond motifs is 1. The highest BCUT2D eigenvalue weighted by Gasteiger charge is 2.42. The third-order valence-corrected chi connectivity index (χ3v) is 14.9. The van der Waals surface area contributed by atoms with E-state index < -0.39 is 187 Å². The van der Waals surface area contributed by atoms with Gasteiger partial charge >= 0.3 is 18.0 Å². The van der Waals surface area contributed by atoms with Crippen molar-refractivity contribution in [1.29, 1.82) is 5.41 Å². The molecular formula is C55H82N18O17S2. The second-order valence-corrected chi connectivity index (χ2v) is 21.9. The van der Waals surface area contributed by atoms with Gasteiger partial charge in [0, 0.05) is 67.5 Å². The molecule has 0 radical (unpaired) electrons. The maximum Gasteiger partial charge on any atom is 0.326 e. The van der Waals surface area contributed by atoms with E-state index in [1.807, 2.05) is 0 Å². The number of amides is 13. The number of likely N-dealkylation sites (tertiary alicyclic amines) is 1. The van der Waals surface area contributed by atoms with Gasteiger partial charge in [0.25, 0.3) is 0 Å². The van der Waals surface area contributed by atoms with Gasteiger partial charge in [-0.15, -0.1) is 12.3 Å². The summed E-state index contributed by atoms with van der Waals surface area (Å²) in [7, 11) is 0. The molecule has 35 nitrogen and oxygen atoms in total. The first-order valence-corrected chi connectivity index (χ1v) is 30.3. The van der Waals surface area contributed by atoms with Gasteiger partial charge in [0.05, 0.1) is 19.1 Å². The zero-order valence-electron chi connectivity index (χ0n) is 50.3. The van der Waals surface area contributed by atoms with Gasteiger partial charge in [-0.25, -0.2) is 9.59 Å². The van der Waals surface area contributed by atoms with Gasteiger partial charge < -0.3 is 107 Å². The van der Waals surface area contributed by atoms with Gasteiger partial charge in [0.1, 0.15) is 60.4 Å². The van der Waals surface area contributed by atoms with Crippen LogP contribution in [0, 0.1) is 17.8 Å². The third-order valence-electron chi connectivity index (χ3n) is 14.2. The van der Waals surface area contributed by atoms with E-state index >= 15 is 0 Å². The maximum atomic E-state index is 14.4. The molecule has 0 unspecified atom stereocenters. The van der Waals surface area contributed by atoms with Crippen LogP contribution in [-0.2, 0) is 68.7 Å². The number of primary amides is 2. The lowest BCUT2D eigenvalue weighted by Crippen LogP contribution is -2.62. The number of hydrogen-bond donors (Lipinski definition) is 22. The Labute approximate surface area is 538 Å². The number of para-hydroxylation sites is 1. The lowest BCUT2D eigenvalue weighted by molar-refractivity contribution is -0.146. The highest BCUT2D eigenvalue weighted by atomic mass is 32.1. The van der Waals surface area contributed by atoms with Crippen molar-refractivity contribution in [2.45, 2.75) is 150 Å². The van der Waals surface area contributed by atoms with Gasteiger partial charge in [0.2, 0.25) is 65.0 Å². The van der Waals surface area contributed by atoms with Crippen LogP contribution in [0.4, 0.5) is 4.79 Å². The van der Waals surface area contributed by atoms with Crippen molar-refractivity contribution >= 4 is 125 Å². The number of aliphatic carboxylic acids is 2. The first kappa shape index (κ1) is 76.8. The number of nitrogens with zero attached hydrogens (tertiary/aromatic N) is 1. The van der Waals surface area contributed by atoms with Crippen LogP contribution in [0.15, 0.2) is 30.5 Å². The summed E-state index contributed by atoms with van der Waals surface area (Å²) in [5.41, 5.74) is 22.4. The summed E-state index contributed by atoms with van der Waals surface area (Å²) in [4.78, 5) is 190. The van der Waals surface area contributed by atoms with Crippen LogP contribution < -0.4 is 81.4 Å². The van der Waals surface area contributed by atoms with Crippen LogP contribution >= 0.6 is 25.3 Å². The Morgan fingerprint density at radius 3 is 1.76 bits per heavy atom. The van der Waals surface area contributed by atoms with E-state index in [4.69, 9.17) is 34.8 Å². The van der Waals surface area contributed by atoms with Crippen LogP contribution in [0.5, 0.6) is 0 Å². The number of thiol groups is 2. The fourth-order valence-corrected chi connectivity index (χ4v) is 9.94. The number of terminal acetylenes is 1. The Morgan fingerprint density at radius 2 is 1.21 bits per heavy atom. The Balaban J connectivity index is 1.91. The average molecular weight is 1330 g/mol. The number of carbonyl (C=O) groups is 14. The first-order chi connectivity index (χ1) is 43.5. The van der Waals surface area contributed by atoms with Gasteiger partial charge in [-0.1, -0.05) is 18.2 Å². The van der Waals surface area contributed by atoms with E-state index in [9.17, 15) is 82.4 Å². The summed E-state index contributed by atoms with van der Waals surface area (Å²) in [6, 6.07) is -9.86. The van der Waals surface area contributed by atoms with Gasteiger partial charge in [0.15, 0.2) is 5.96 Å². The number of carbonyl (C=O) groups excluding carboxylic acids is 12. The summed E-state index contributed by atoms with van der Waals surface area (Å²) in [6.45, 7) is 0.304. The van der Waals surface area contributed by atoms with Crippen LogP contribution in [0.25, 0.3) is 10.9 Å². The molecule has 2 heterocycles. The van der Waals surface area contributed by atoms with Crippen molar-refractivity contribution in [3.05, 3.63) is 36.0 Å². The molecular weight excluding hydrogens is 1250 g/mol. The normalized spacial score (nSPS) is 15.8. The summed E-state index contributed by atoms with van der Waals surface area (Å²) in [6.07, 6.45) is 2.42. The molecule has 0 spiro atoms. The number of nitrogens with two attached hydrogens (primary N) is 4. The standard InChI is InChI=1S/C55H82N18O17S2/c1-3-4-11-31(65-48(83)37(25-91)64-41(76)23-56)46(81)72-43(27(2)74)51(86)70-36(22-42(77)78)52(87)73-20-9-15-39(73)50(85)67-33(13-7-18-61-54(58)59)45(80)71-38(26-92)49(84)66-32(14-8-19-62-55(60)90)44(79)69-35(21-28-24-63-30-12-6-5-10-29(28)30)47(82)68-34(53(88)89)16-17-40(57)75/h1,5-6,10,12,24,27,31-39,43,63,74,91-92H,4,7-9,11,13-23,25-26,56H2,2H3,(H2,57,75)(H,64,76)(H,65,83)(H,66,84)(H,67,85)(H,68,82)(H,69,79)(H,70,86)(H,71,80)(H,72,81)(H,77,78)(H,88,89)(H4,58,59,61)(H3,60,62,90)/t27-,31+,32+,33+,34+,35+,36+,37+,38+,39+,43+/m1/s1. The summed E-state index contributed by atoms with van der Waals surface area (Å²) in [5.74, 6) is -12.8. The topological polar surface area (TPSA) is 579 Å². The second-order valence-electron chi connectivity index (χ2n) is 21.2. The number of H-pyrrole nitrogens is 1. The van der Waals surface area contributed by atoms with Crippen molar-refractivity contribution in [3.8, 4) is 12.3 Å². The molecule has 1 aromatic heterocycles. The first-order valence-electron chi connectivity index (χ1n) is 29.0. The molecule has 2 aromatic rings. The fraction of sp³-hybridized carbons (Fsp3) is 0.545. The molecule has 1 saturated heterocycles. The number of hydrogen-bond acceptors (Lipinski definition) is 19. The van der Waals surface area contributed by atoms with E-state index in [1.165, 1.54) is 0 Å². The van der Waals surface area contributed by atoms with Crippen molar-refractivity contribution in [1.82, 2.24) is 68.4 Å². The predicted octanol–water partition coefficient (Wildman–Crippen LogP) is -6.79. The second kappa shape index (κ2) is 39.0. The number of benzene rings is 1. The number of urea groups is 1. The lowest BCUT2D eigenvalue weighted by atomic mass is 10.0. The zero-order chi connectivity index (χ0) is 68.8. The highest BCUT2D eigenvalue weighted by Crippen LogP contribution is 2.22. The SMILES string of the molecule is C#CCC[C@H](NC(=O)[C@H](CS)NC(=O)CN)C(=O)N[C@H](C(=O)N[C@@H](CC(=O)O)C(=O)N1CCC[C@H]1C(=O)N[C@@H](CCCNC(=N)N)C(=O)N[C@@H](CS)C(=O)N[C@@H](CCCNC(N)=O)C(=O)N[C@@H](Cc1c[nH]c2ccccc12)C(=O)N[C@@H](CCC(N)=O)C(=O)O)[C@@H](C)O. The number of aromatic nitrogens is 1. The predicted molar refractivity (Wildman–Crippen MR) is 335 cm³/mol. The highest BCUT2D eigenvalue weighted by molar-refractivity contribution is 7.80. The van der Waals surface area contributed by atoms with Crippen molar-refractivity contribution < 1.29 is 82.4 Å². The number of guanidine groups is 1. The smallest absolute Gasteiger partial charge is 0.326 e. The average Bonchev–Trinajstić information content (AvgIpc) is 1.63. The molecule has 1 fully saturated rings. The van der Waals surface area contributed by atoms with Crippen molar-refractivity contribution in [2.75, 3.05) is 37.7 Å².